The number of amides is 2. The summed E-state index contributed by atoms with van der Waals surface area (Å²) < 4.78 is 0.873. The maximum Gasteiger partial charge on any atom is 0.319 e. The van der Waals surface area contributed by atoms with Crippen LogP contribution in [0.1, 0.15) is 12.8 Å². The van der Waals surface area contributed by atoms with E-state index in [1.807, 2.05) is 0 Å². The topological polar surface area (TPSA) is 78.4 Å². The summed E-state index contributed by atoms with van der Waals surface area (Å²) in [5, 5.41) is 14.2. The number of hydrogen-bond donors (Lipinski definition) is 3. The van der Waals surface area contributed by atoms with E-state index in [1.54, 1.807) is 18.2 Å². The Balaban J connectivity index is 2.40. The summed E-state index contributed by atoms with van der Waals surface area (Å²) in [4.78, 5) is 21.8. The Morgan fingerprint density at radius 3 is 2.78 bits per heavy atom. The molecule has 0 aliphatic heterocycles. The highest BCUT2D eigenvalue weighted by Gasteiger charge is 2.05. The molecule has 0 fully saturated rings. The van der Waals surface area contributed by atoms with Gasteiger partial charge >= 0.3 is 12.0 Å². The van der Waals surface area contributed by atoms with Crippen LogP contribution in [0.15, 0.2) is 18.2 Å². The van der Waals surface area contributed by atoms with Crippen LogP contribution in [0.4, 0.5) is 10.5 Å². The first-order chi connectivity index (χ1) is 8.49. The van der Waals surface area contributed by atoms with Gasteiger partial charge in [0, 0.05) is 21.6 Å². The fourth-order valence-corrected chi connectivity index (χ4v) is 1.84. The van der Waals surface area contributed by atoms with Gasteiger partial charge in [0.25, 0.3) is 0 Å². The number of anilines is 1. The summed E-state index contributed by atoms with van der Waals surface area (Å²) in [5.41, 5.74) is 0.624. The number of urea groups is 1. The summed E-state index contributed by atoms with van der Waals surface area (Å²) in [7, 11) is 0. The Bertz CT molecular complexity index is 454. The molecule has 3 N–H and O–H groups in total. The van der Waals surface area contributed by atoms with Crippen molar-refractivity contribution < 1.29 is 14.7 Å². The summed E-state index contributed by atoms with van der Waals surface area (Å²) in [6, 6.07) is 4.81. The van der Waals surface area contributed by atoms with E-state index in [2.05, 4.69) is 33.2 Å². The van der Waals surface area contributed by atoms with Crippen molar-refractivity contribution >= 4 is 51.9 Å². The second-order valence-corrected chi connectivity index (χ2v) is 5.10. The van der Waals surface area contributed by atoms with Gasteiger partial charge in [-0.3, -0.25) is 4.79 Å². The quantitative estimate of drug-likeness (QED) is 0.541. The van der Waals surface area contributed by atoms with Crippen molar-refractivity contribution in [2.75, 3.05) is 11.9 Å². The van der Waals surface area contributed by atoms with Crippen LogP contribution < -0.4 is 10.6 Å². The van der Waals surface area contributed by atoms with Gasteiger partial charge in [-0.15, -0.1) is 0 Å². The van der Waals surface area contributed by atoms with Crippen molar-refractivity contribution in [2.24, 2.45) is 0 Å². The molecule has 0 aliphatic rings. The predicted octanol–water partition coefficient (Wildman–Crippen LogP) is 2.93. The van der Waals surface area contributed by atoms with Crippen molar-refractivity contribution in [3.63, 3.8) is 0 Å². The molecule has 1 rings (SSSR count). The lowest BCUT2D eigenvalue weighted by Crippen LogP contribution is -2.30. The fourth-order valence-electron chi connectivity index (χ4n) is 1.20. The molecule has 1 aromatic rings. The number of halogens is 2. The summed E-state index contributed by atoms with van der Waals surface area (Å²) in [6.07, 6.45) is 0.435. The van der Waals surface area contributed by atoms with Gasteiger partial charge in [0.2, 0.25) is 0 Å². The molecule has 0 radical (unpaired) electrons. The average molecular weight is 383 g/mol. The zero-order chi connectivity index (χ0) is 13.5. The van der Waals surface area contributed by atoms with Crippen LogP contribution in [0, 0.1) is 3.57 Å². The maximum atomic E-state index is 11.5. The van der Waals surface area contributed by atoms with Gasteiger partial charge < -0.3 is 15.7 Å². The third-order valence-corrected chi connectivity index (χ3v) is 3.21. The minimum absolute atomic E-state index is 0.0367. The van der Waals surface area contributed by atoms with Gasteiger partial charge in [0.05, 0.1) is 5.69 Å². The predicted molar refractivity (Wildman–Crippen MR) is 78.1 cm³/mol. The Kier molecular flexibility index (Phi) is 6.20. The van der Waals surface area contributed by atoms with Crippen LogP contribution in [-0.4, -0.2) is 23.7 Å². The van der Waals surface area contributed by atoms with Crippen LogP contribution in [0.2, 0.25) is 5.02 Å². The lowest BCUT2D eigenvalue weighted by molar-refractivity contribution is -0.137. The molecule has 2 amide bonds. The van der Waals surface area contributed by atoms with E-state index < -0.39 is 5.97 Å². The number of rotatable bonds is 5. The smallest absolute Gasteiger partial charge is 0.319 e. The number of hydrogen-bond acceptors (Lipinski definition) is 2. The molecule has 0 atom stereocenters. The molecule has 5 nitrogen and oxygen atoms in total. The van der Waals surface area contributed by atoms with Crippen molar-refractivity contribution in [1.29, 1.82) is 0 Å². The van der Waals surface area contributed by atoms with E-state index in [1.165, 1.54) is 0 Å². The average Bonchev–Trinajstić information content (AvgIpc) is 2.29. The Labute approximate surface area is 123 Å². The van der Waals surface area contributed by atoms with E-state index in [-0.39, 0.29) is 12.5 Å². The molecule has 0 spiro atoms. The largest absolute Gasteiger partial charge is 0.481 e. The molecular weight excluding hydrogens is 370 g/mol. The van der Waals surface area contributed by atoms with E-state index >= 15 is 0 Å². The molecule has 0 heterocycles. The van der Waals surface area contributed by atoms with Gasteiger partial charge in [-0.05, 0) is 47.2 Å². The minimum atomic E-state index is -0.874. The minimum Gasteiger partial charge on any atom is -0.481 e. The zero-order valence-corrected chi connectivity index (χ0v) is 12.3. The third-order valence-electron chi connectivity index (χ3n) is 2.03. The summed E-state index contributed by atoms with van der Waals surface area (Å²) in [6.45, 7) is 0.315. The first-order valence-corrected chi connectivity index (χ1v) is 6.66. The first kappa shape index (κ1) is 15.0. The van der Waals surface area contributed by atoms with Gasteiger partial charge in [-0.1, -0.05) is 11.6 Å². The Morgan fingerprint density at radius 1 is 1.39 bits per heavy atom. The van der Waals surface area contributed by atoms with E-state index in [0.29, 0.717) is 23.7 Å². The van der Waals surface area contributed by atoms with E-state index in [9.17, 15) is 9.59 Å². The molecule has 0 unspecified atom stereocenters. The van der Waals surface area contributed by atoms with Gasteiger partial charge in [-0.25, -0.2) is 4.79 Å². The second kappa shape index (κ2) is 7.42. The van der Waals surface area contributed by atoms with Crippen LogP contribution in [0.25, 0.3) is 0 Å². The maximum absolute atomic E-state index is 11.5. The molecule has 1 aromatic carbocycles. The highest BCUT2D eigenvalue weighted by molar-refractivity contribution is 14.1. The highest BCUT2D eigenvalue weighted by atomic mass is 127. The van der Waals surface area contributed by atoms with E-state index in [0.717, 1.165) is 3.57 Å². The van der Waals surface area contributed by atoms with Crippen molar-refractivity contribution in [3.05, 3.63) is 26.8 Å². The molecule has 0 saturated carbocycles. The summed E-state index contributed by atoms with van der Waals surface area (Å²) >= 11 is 7.91. The molecule has 18 heavy (non-hydrogen) atoms. The number of carbonyl (C=O) groups excluding carboxylic acids is 1. The lowest BCUT2D eigenvalue weighted by Gasteiger charge is -2.09. The van der Waals surface area contributed by atoms with Gasteiger partial charge in [-0.2, -0.15) is 0 Å². The normalized spacial score (nSPS) is 9.89. The Hall–Kier alpha value is -1.02. The molecule has 0 bridgehead atoms. The number of carbonyl (C=O) groups is 2. The zero-order valence-electron chi connectivity index (χ0n) is 9.37. The highest BCUT2D eigenvalue weighted by Crippen LogP contribution is 2.22. The monoisotopic (exact) mass is 382 g/mol. The second-order valence-electron chi connectivity index (χ2n) is 3.50. The van der Waals surface area contributed by atoms with Crippen LogP contribution in [0.3, 0.4) is 0 Å². The number of carboxylic acid groups (broad SMARTS) is 1. The first-order valence-electron chi connectivity index (χ1n) is 5.20. The number of aliphatic carboxylic acids is 1. The van der Waals surface area contributed by atoms with Crippen molar-refractivity contribution in [3.8, 4) is 0 Å². The van der Waals surface area contributed by atoms with Gasteiger partial charge in [0.1, 0.15) is 0 Å². The molecular formula is C11H12ClIN2O3. The summed E-state index contributed by atoms with van der Waals surface area (Å²) in [5.74, 6) is -0.874. The molecule has 7 heteroatoms. The van der Waals surface area contributed by atoms with Crippen LogP contribution >= 0.6 is 34.2 Å². The standard InChI is InChI=1S/C11H12ClIN2O3/c12-7-3-4-8(13)9(6-7)15-11(18)14-5-1-2-10(16)17/h3-4,6H,1-2,5H2,(H,16,17)(H2,14,15,18). The third kappa shape index (κ3) is 5.54. The van der Waals surface area contributed by atoms with Gasteiger partial charge in [0.15, 0.2) is 0 Å². The number of carboxylic acids is 1. The van der Waals surface area contributed by atoms with Crippen LogP contribution in [0.5, 0.6) is 0 Å². The molecule has 98 valence electrons. The lowest BCUT2D eigenvalue weighted by atomic mass is 10.3. The van der Waals surface area contributed by atoms with Crippen LogP contribution in [-0.2, 0) is 4.79 Å². The van der Waals surface area contributed by atoms with E-state index in [4.69, 9.17) is 16.7 Å². The molecule has 0 aromatic heterocycles. The Morgan fingerprint density at radius 2 is 2.11 bits per heavy atom. The number of benzene rings is 1. The fraction of sp³-hybridized carbons (Fsp3) is 0.273. The molecule has 0 saturated heterocycles. The SMILES string of the molecule is O=C(O)CCCNC(=O)Nc1cc(Cl)ccc1I. The van der Waals surface area contributed by atoms with Crippen molar-refractivity contribution in [1.82, 2.24) is 5.32 Å². The number of nitrogens with one attached hydrogen (secondary N) is 2. The molecule has 0 aliphatic carbocycles. The van der Waals surface area contributed by atoms with Crippen molar-refractivity contribution in [2.45, 2.75) is 12.8 Å².